The van der Waals surface area contributed by atoms with Gasteiger partial charge in [0.2, 0.25) is 0 Å². The summed E-state index contributed by atoms with van der Waals surface area (Å²) in [6.07, 6.45) is 3.46. The largest absolute Gasteiger partial charge is 0.494 e. The summed E-state index contributed by atoms with van der Waals surface area (Å²) in [5, 5.41) is 2.95. The van der Waals surface area contributed by atoms with Gasteiger partial charge in [-0.2, -0.15) is 0 Å². The monoisotopic (exact) mass is 378 g/mol. The normalized spacial score (nSPS) is 19.0. The van der Waals surface area contributed by atoms with Crippen molar-refractivity contribution < 1.29 is 14.3 Å². The maximum atomic E-state index is 13.2. The minimum atomic E-state index is -0.472. The van der Waals surface area contributed by atoms with Gasteiger partial charge in [-0.3, -0.25) is 14.7 Å². The second-order valence-corrected chi connectivity index (χ2v) is 6.83. The van der Waals surface area contributed by atoms with Gasteiger partial charge in [0.1, 0.15) is 5.75 Å². The summed E-state index contributed by atoms with van der Waals surface area (Å²) in [4.78, 5) is 33.1. The Hall–Kier alpha value is -3.35. The van der Waals surface area contributed by atoms with Gasteiger partial charge in [-0.05, 0) is 36.2 Å². The van der Waals surface area contributed by atoms with Crippen LogP contribution in [0.15, 0.2) is 60.1 Å². The second-order valence-electron chi connectivity index (χ2n) is 6.83. The Morgan fingerprint density at radius 2 is 2.00 bits per heavy atom. The van der Waals surface area contributed by atoms with Crippen LogP contribution in [-0.4, -0.2) is 46.9 Å². The molecule has 2 aliphatic rings. The van der Waals surface area contributed by atoms with Crippen molar-refractivity contribution in [3.05, 3.63) is 71.2 Å². The fourth-order valence-corrected chi connectivity index (χ4v) is 3.64. The Bertz CT molecular complexity index is 924. The van der Waals surface area contributed by atoms with Crippen molar-refractivity contribution >= 4 is 11.9 Å². The van der Waals surface area contributed by atoms with Gasteiger partial charge in [0, 0.05) is 26.0 Å². The zero-order valence-corrected chi connectivity index (χ0v) is 15.9. The highest BCUT2D eigenvalue weighted by Crippen LogP contribution is 2.36. The van der Waals surface area contributed by atoms with Crippen LogP contribution >= 0.6 is 0 Å². The summed E-state index contributed by atoms with van der Waals surface area (Å²) in [5.41, 5.74) is 3.18. The molecule has 7 heteroatoms. The van der Waals surface area contributed by atoms with Gasteiger partial charge in [-0.25, -0.2) is 4.79 Å². The molecule has 0 saturated carbocycles. The quantitative estimate of drug-likeness (QED) is 0.867. The zero-order valence-electron chi connectivity index (χ0n) is 15.9. The summed E-state index contributed by atoms with van der Waals surface area (Å²) >= 11 is 0. The van der Waals surface area contributed by atoms with Crippen LogP contribution in [0.5, 0.6) is 5.75 Å². The predicted octanol–water partition coefficient (Wildman–Crippen LogP) is 2.47. The lowest BCUT2D eigenvalue weighted by molar-refractivity contribution is -0.126. The molecule has 0 aliphatic carbocycles. The van der Waals surface area contributed by atoms with E-state index in [1.807, 2.05) is 43.3 Å². The highest BCUT2D eigenvalue weighted by molar-refractivity contribution is 6.01. The third kappa shape index (κ3) is 3.19. The summed E-state index contributed by atoms with van der Waals surface area (Å²) in [5.74, 6) is 0.695. The molecule has 1 atom stereocenters. The number of benzene rings is 1. The van der Waals surface area contributed by atoms with Gasteiger partial charge in [0.15, 0.2) is 0 Å². The van der Waals surface area contributed by atoms with E-state index in [-0.39, 0.29) is 11.9 Å². The van der Waals surface area contributed by atoms with Crippen molar-refractivity contribution in [3.63, 3.8) is 0 Å². The van der Waals surface area contributed by atoms with E-state index in [9.17, 15) is 9.59 Å². The molecule has 0 bridgehead atoms. The lowest BCUT2D eigenvalue weighted by Crippen LogP contribution is -2.45. The minimum absolute atomic E-state index is 0.0652. The van der Waals surface area contributed by atoms with Gasteiger partial charge in [0.25, 0.3) is 5.91 Å². The number of likely N-dealkylation sites (N-methyl/N-ethyl adjacent to an activating group) is 1. The maximum absolute atomic E-state index is 13.2. The van der Waals surface area contributed by atoms with E-state index in [0.717, 1.165) is 22.6 Å². The third-order valence-electron chi connectivity index (χ3n) is 5.06. The van der Waals surface area contributed by atoms with Gasteiger partial charge >= 0.3 is 6.03 Å². The van der Waals surface area contributed by atoms with Gasteiger partial charge in [-0.15, -0.1) is 0 Å². The molecule has 1 aromatic heterocycles. The van der Waals surface area contributed by atoms with Crippen molar-refractivity contribution in [3.8, 4) is 5.75 Å². The molecule has 1 N–H and O–H groups in total. The highest BCUT2D eigenvalue weighted by Gasteiger charge is 2.42. The molecule has 0 saturated heterocycles. The van der Waals surface area contributed by atoms with Gasteiger partial charge < -0.3 is 15.0 Å². The molecule has 0 fully saturated rings. The molecule has 1 aromatic carbocycles. The van der Waals surface area contributed by atoms with E-state index in [0.29, 0.717) is 25.3 Å². The first-order valence-electron chi connectivity index (χ1n) is 9.26. The van der Waals surface area contributed by atoms with E-state index >= 15 is 0 Å². The first-order valence-corrected chi connectivity index (χ1v) is 9.26. The molecule has 144 valence electrons. The van der Waals surface area contributed by atoms with Crippen molar-refractivity contribution in [2.24, 2.45) is 0 Å². The lowest BCUT2D eigenvalue weighted by atomic mass is 9.95. The van der Waals surface area contributed by atoms with Crippen molar-refractivity contribution in [1.82, 2.24) is 20.1 Å². The van der Waals surface area contributed by atoms with Crippen molar-refractivity contribution in [1.29, 1.82) is 0 Å². The molecule has 3 amide bonds. The second kappa shape index (κ2) is 7.34. The average molecular weight is 378 g/mol. The van der Waals surface area contributed by atoms with E-state index in [1.54, 1.807) is 24.3 Å². The highest BCUT2D eigenvalue weighted by atomic mass is 16.5. The van der Waals surface area contributed by atoms with E-state index in [4.69, 9.17) is 4.74 Å². The molecule has 3 heterocycles. The number of carbonyl (C=O) groups excluding carboxylic acids is 2. The number of nitrogens with one attached hydrogen (secondary N) is 1. The van der Waals surface area contributed by atoms with Crippen LogP contribution < -0.4 is 10.1 Å². The molecular formula is C21H22N4O3. The Balaban J connectivity index is 1.63. The Kier molecular flexibility index (Phi) is 4.73. The number of ether oxygens (including phenoxy) is 1. The number of urea groups is 1. The molecule has 28 heavy (non-hydrogen) atoms. The Labute approximate surface area is 163 Å². The van der Waals surface area contributed by atoms with E-state index < -0.39 is 6.04 Å². The Morgan fingerprint density at radius 3 is 2.68 bits per heavy atom. The zero-order chi connectivity index (χ0) is 19.7. The minimum Gasteiger partial charge on any atom is -0.494 e. The molecule has 4 rings (SSSR count). The van der Waals surface area contributed by atoms with Gasteiger partial charge in [0.05, 0.1) is 30.5 Å². The molecule has 2 aliphatic heterocycles. The number of carbonyl (C=O) groups is 2. The van der Waals surface area contributed by atoms with E-state index in [2.05, 4.69) is 10.3 Å². The van der Waals surface area contributed by atoms with Crippen LogP contribution in [-0.2, 0) is 11.3 Å². The number of rotatable bonds is 5. The fraction of sp³-hybridized carbons (Fsp3) is 0.286. The van der Waals surface area contributed by atoms with Crippen LogP contribution in [0, 0.1) is 0 Å². The summed E-state index contributed by atoms with van der Waals surface area (Å²) in [6.45, 7) is 3.37. The molecule has 7 nitrogen and oxygen atoms in total. The molecule has 0 unspecified atom stereocenters. The van der Waals surface area contributed by atoms with Crippen LogP contribution in [0.3, 0.4) is 0 Å². The first-order chi connectivity index (χ1) is 13.6. The van der Waals surface area contributed by atoms with Crippen LogP contribution in [0.4, 0.5) is 4.79 Å². The first kappa shape index (κ1) is 18.0. The molecule has 2 aromatic rings. The van der Waals surface area contributed by atoms with Crippen LogP contribution in [0.25, 0.3) is 0 Å². The molecular weight excluding hydrogens is 356 g/mol. The van der Waals surface area contributed by atoms with Crippen LogP contribution in [0.1, 0.15) is 24.1 Å². The number of aromatic nitrogens is 1. The summed E-state index contributed by atoms with van der Waals surface area (Å²) < 4.78 is 5.49. The van der Waals surface area contributed by atoms with Gasteiger partial charge in [-0.1, -0.05) is 18.2 Å². The SMILES string of the molecule is CCOc1ccc([C@@H]2NC(=O)N(C)C3=C2C(=O)N(Cc2cccnc2)C3)cc1. The Morgan fingerprint density at radius 1 is 1.21 bits per heavy atom. The van der Waals surface area contributed by atoms with Crippen molar-refractivity contribution in [2.75, 3.05) is 20.2 Å². The predicted molar refractivity (Wildman–Crippen MR) is 103 cm³/mol. The fourth-order valence-electron chi connectivity index (χ4n) is 3.64. The number of nitrogens with zero attached hydrogens (tertiary/aromatic N) is 3. The van der Waals surface area contributed by atoms with E-state index in [1.165, 1.54) is 4.90 Å². The molecule has 0 spiro atoms. The molecule has 0 radical (unpaired) electrons. The standard InChI is InChI=1S/C21H22N4O3/c1-3-28-16-8-6-15(7-9-16)19-18-17(24(2)21(27)23-19)13-25(20(18)26)12-14-5-4-10-22-11-14/h4-11,19H,3,12-13H2,1-2H3,(H,23,27)/t19-/m0/s1. The number of hydrogen-bond acceptors (Lipinski definition) is 4. The maximum Gasteiger partial charge on any atom is 0.322 e. The average Bonchev–Trinajstić information content (AvgIpc) is 3.03. The summed E-state index contributed by atoms with van der Waals surface area (Å²) in [7, 11) is 1.69. The topological polar surface area (TPSA) is 74.8 Å². The summed E-state index contributed by atoms with van der Waals surface area (Å²) in [6, 6.07) is 10.6. The smallest absolute Gasteiger partial charge is 0.322 e. The third-order valence-corrected chi connectivity index (χ3v) is 5.06. The lowest BCUT2D eigenvalue weighted by Gasteiger charge is -2.31. The number of amides is 3. The number of pyridine rings is 1. The van der Waals surface area contributed by atoms with Crippen molar-refractivity contribution in [2.45, 2.75) is 19.5 Å². The number of hydrogen-bond donors (Lipinski definition) is 1. The van der Waals surface area contributed by atoms with Crippen LogP contribution in [0.2, 0.25) is 0 Å².